The summed E-state index contributed by atoms with van der Waals surface area (Å²) in [7, 11) is -2.37. The van der Waals surface area contributed by atoms with Crippen molar-refractivity contribution >= 4 is 10.0 Å². The number of nitrogens with one attached hydrogen (secondary N) is 1. The van der Waals surface area contributed by atoms with E-state index in [1.165, 1.54) is 7.11 Å². The van der Waals surface area contributed by atoms with E-state index in [0.717, 1.165) is 29.4 Å². The fraction of sp³-hybridized carbons (Fsp3) is 0.571. The van der Waals surface area contributed by atoms with Gasteiger partial charge in [0.1, 0.15) is 0 Å². The monoisotopic (exact) mass is 314 g/mol. The number of aliphatic hydroxyl groups excluding tert-OH is 1. The van der Waals surface area contributed by atoms with Crippen LogP contribution in [0.1, 0.15) is 18.4 Å². The van der Waals surface area contributed by atoms with Crippen LogP contribution < -0.4 is 5.32 Å². The lowest BCUT2D eigenvalue weighted by molar-refractivity contribution is -0.0565. The molecule has 2 atom stereocenters. The fourth-order valence-electron chi connectivity index (χ4n) is 2.46. The van der Waals surface area contributed by atoms with Crippen molar-refractivity contribution in [3.8, 4) is 0 Å². The second kappa shape index (κ2) is 7.33. The average molecular weight is 314 g/mol. The van der Waals surface area contributed by atoms with Crippen LogP contribution in [0.3, 0.4) is 0 Å². The first-order valence-corrected chi connectivity index (χ1v) is 8.64. The predicted octanol–water partition coefficient (Wildman–Crippen LogP) is 0.493. The second-order valence-electron chi connectivity index (χ2n) is 5.18. The third-order valence-electron chi connectivity index (χ3n) is 3.61. The fourth-order valence-corrected chi connectivity index (χ4v) is 3.87. The molecule has 1 aromatic carbocycles. The molecular weight excluding hydrogens is 292 g/mol. The number of sulfonamides is 1. The summed E-state index contributed by atoms with van der Waals surface area (Å²) in [6.45, 7) is 0.949. The normalized spacial score (nSPS) is 20.8. The minimum Gasteiger partial charge on any atom is -0.390 e. The highest BCUT2D eigenvalue weighted by Gasteiger charge is 2.31. The van der Waals surface area contributed by atoms with Crippen LogP contribution in [0.4, 0.5) is 0 Å². The Labute approximate surface area is 125 Å². The summed E-state index contributed by atoms with van der Waals surface area (Å²) < 4.78 is 25.6. The molecular formula is C14H22N2O4S. The van der Waals surface area contributed by atoms with E-state index < -0.39 is 16.1 Å². The molecule has 1 saturated heterocycles. The third kappa shape index (κ3) is 4.49. The lowest BCUT2D eigenvalue weighted by atomic mass is 10.1. The van der Waals surface area contributed by atoms with Gasteiger partial charge in [-0.25, -0.2) is 8.42 Å². The molecule has 0 bridgehead atoms. The van der Waals surface area contributed by atoms with Crippen LogP contribution in [0, 0.1) is 0 Å². The lowest BCUT2D eigenvalue weighted by Crippen LogP contribution is -2.43. The highest BCUT2D eigenvalue weighted by molar-refractivity contribution is 7.88. The number of hydrogen-bond donors (Lipinski definition) is 2. The molecule has 2 N–H and O–H groups in total. The van der Waals surface area contributed by atoms with Crippen LogP contribution in [0.2, 0.25) is 0 Å². The van der Waals surface area contributed by atoms with E-state index in [9.17, 15) is 13.5 Å². The Bertz CT molecular complexity index is 529. The number of rotatable bonds is 7. The molecule has 0 spiro atoms. The van der Waals surface area contributed by atoms with Gasteiger partial charge in [-0.1, -0.05) is 34.8 Å². The Hall–Kier alpha value is -0.990. The Balaban J connectivity index is 2.01. The van der Waals surface area contributed by atoms with Crippen LogP contribution >= 0.6 is 0 Å². The zero-order valence-electron chi connectivity index (χ0n) is 12.1. The number of hydrogen-bond acceptors (Lipinski definition) is 5. The van der Waals surface area contributed by atoms with Crippen LogP contribution in [0.25, 0.3) is 0 Å². The molecule has 6 nitrogen and oxygen atoms in total. The predicted molar refractivity (Wildman–Crippen MR) is 79.8 cm³/mol. The molecule has 0 unspecified atom stereocenters. The summed E-state index contributed by atoms with van der Waals surface area (Å²) in [5.41, 5.74) is 0.830. The zero-order chi connectivity index (χ0) is 15.3. The lowest BCUT2D eigenvalue weighted by Gasteiger charge is -2.23. The van der Waals surface area contributed by atoms with Gasteiger partial charge in [0.2, 0.25) is 10.0 Å². The molecule has 1 aromatic rings. The Kier molecular flexibility index (Phi) is 5.72. The quantitative estimate of drug-likeness (QED) is 0.716. The van der Waals surface area contributed by atoms with Crippen LogP contribution in [0.5, 0.6) is 0 Å². The first-order chi connectivity index (χ1) is 10.0. The first-order valence-electron chi connectivity index (χ1n) is 7.03. The third-order valence-corrected chi connectivity index (χ3v) is 5.27. The van der Waals surface area contributed by atoms with E-state index in [2.05, 4.69) is 5.32 Å². The molecule has 0 aromatic heterocycles. The van der Waals surface area contributed by atoms with Crippen molar-refractivity contribution in [3.63, 3.8) is 0 Å². The van der Waals surface area contributed by atoms with Gasteiger partial charge in [-0.3, -0.25) is 4.84 Å². The summed E-state index contributed by atoms with van der Waals surface area (Å²) in [6, 6.07) is 9.05. The van der Waals surface area contributed by atoms with Crippen molar-refractivity contribution in [1.82, 2.24) is 9.79 Å². The molecule has 1 fully saturated rings. The minimum absolute atomic E-state index is 0.129. The van der Waals surface area contributed by atoms with Crippen LogP contribution in [0.15, 0.2) is 30.3 Å². The maximum absolute atomic E-state index is 12.3. The average Bonchev–Trinajstić information content (AvgIpc) is 2.99. The van der Waals surface area contributed by atoms with Crippen molar-refractivity contribution in [3.05, 3.63) is 35.9 Å². The van der Waals surface area contributed by atoms with Crippen molar-refractivity contribution in [2.45, 2.75) is 31.5 Å². The highest BCUT2D eigenvalue weighted by atomic mass is 32.2. The zero-order valence-corrected chi connectivity index (χ0v) is 12.9. The first kappa shape index (κ1) is 16.4. The number of benzene rings is 1. The summed E-state index contributed by atoms with van der Waals surface area (Å²) in [6.07, 6.45) is 0.827. The Morgan fingerprint density at radius 1 is 1.43 bits per heavy atom. The van der Waals surface area contributed by atoms with Crippen molar-refractivity contribution in [2.75, 3.05) is 19.4 Å². The molecule has 0 aliphatic carbocycles. The van der Waals surface area contributed by atoms with Gasteiger partial charge in [0.05, 0.1) is 25.5 Å². The van der Waals surface area contributed by atoms with Gasteiger partial charge < -0.3 is 10.4 Å². The van der Waals surface area contributed by atoms with E-state index in [4.69, 9.17) is 4.84 Å². The summed E-state index contributed by atoms with van der Waals surface area (Å²) in [4.78, 5) is 5.00. The topological polar surface area (TPSA) is 78.9 Å². The summed E-state index contributed by atoms with van der Waals surface area (Å²) in [5, 5.41) is 13.2. The van der Waals surface area contributed by atoms with Crippen molar-refractivity contribution < 1.29 is 18.4 Å². The minimum atomic E-state index is -3.69. The van der Waals surface area contributed by atoms with Crippen molar-refractivity contribution in [2.24, 2.45) is 0 Å². The van der Waals surface area contributed by atoms with Gasteiger partial charge in [0, 0.05) is 6.04 Å². The van der Waals surface area contributed by atoms with E-state index in [1.807, 2.05) is 30.3 Å². The number of aliphatic hydroxyl groups is 1. The molecule has 1 aliphatic heterocycles. The molecule has 0 saturated carbocycles. The van der Waals surface area contributed by atoms with Gasteiger partial charge in [-0.05, 0) is 24.9 Å². The van der Waals surface area contributed by atoms with Gasteiger partial charge in [-0.15, -0.1) is 0 Å². The molecule has 7 heteroatoms. The molecule has 118 valence electrons. The standard InChI is InChI=1S/C14H22N2O4S/c1-20-16(10-12-6-3-2-4-7-12)21(18,19)11-14(17)13-8-5-9-15-13/h2-4,6-7,13-15,17H,5,8-11H2,1H3/t13-,14+/m0/s1. The molecule has 0 amide bonds. The maximum Gasteiger partial charge on any atom is 0.238 e. The van der Waals surface area contributed by atoms with E-state index in [0.29, 0.717) is 0 Å². The van der Waals surface area contributed by atoms with Gasteiger partial charge in [-0.2, -0.15) is 0 Å². The van der Waals surface area contributed by atoms with Crippen LogP contribution in [-0.4, -0.2) is 49.5 Å². The molecule has 1 aliphatic rings. The van der Waals surface area contributed by atoms with Crippen molar-refractivity contribution in [1.29, 1.82) is 0 Å². The summed E-state index contributed by atoms with van der Waals surface area (Å²) in [5.74, 6) is -0.342. The Morgan fingerprint density at radius 3 is 2.71 bits per heavy atom. The molecule has 0 radical (unpaired) electrons. The van der Waals surface area contributed by atoms with Gasteiger partial charge >= 0.3 is 0 Å². The number of nitrogens with zero attached hydrogens (tertiary/aromatic N) is 1. The molecule has 21 heavy (non-hydrogen) atoms. The molecule has 2 rings (SSSR count). The second-order valence-corrected chi connectivity index (χ2v) is 7.08. The summed E-state index contributed by atoms with van der Waals surface area (Å²) >= 11 is 0. The smallest absolute Gasteiger partial charge is 0.238 e. The van der Waals surface area contributed by atoms with Crippen LogP contribution in [-0.2, 0) is 21.4 Å². The highest BCUT2D eigenvalue weighted by Crippen LogP contribution is 2.15. The van der Waals surface area contributed by atoms with E-state index in [-0.39, 0.29) is 18.3 Å². The van der Waals surface area contributed by atoms with E-state index in [1.54, 1.807) is 0 Å². The largest absolute Gasteiger partial charge is 0.390 e. The number of hydroxylamine groups is 1. The maximum atomic E-state index is 12.3. The van der Waals surface area contributed by atoms with Gasteiger partial charge in [0.15, 0.2) is 0 Å². The van der Waals surface area contributed by atoms with E-state index >= 15 is 0 Å². The Morgan fingerprint density at radius 2 is 2.14 bits per heavy atom. The van der Waals surface area contributed by atoms with Gasteiger partial charge in [0.25, 0.3) is 0 Å². The SMILES string of the molecule is CON(Cc1ccccc1)S(=O)(=O)C[C@@H](O)[C@@H]1CCCN1. The molecule has 1 heterocycles.